The van der Waals surface area contributed by atoms with Gasteiger partial charge in [-0.2, -0.15) is 0 Å². The predicted octanol–water partition coefficient (Wildman–Crippen LogP) is 5.00. The molecule has 2 aliphatic heterocycles. The minimum absolute atomic E-state index is 0.219. The molecule has 2 aromatic rings. The van der Waals surface area contributed by atoms with Crippen molar-refractivity contribution in [1.29, 1.82) is 0 Å². The summed E-state index contributed by atoms with van der Waals surface area (Å²) in [5.41, 5.74) is 1.96. The van der Waals surface area contributed by atoms with Crippen LogP contribution < -0.4 is 9.47 Å². The fourth-order valence-corrected chi connectivity index (χ4v) is 3.90. The molecule has 0 saturated carbocycles. The molecule has 4 heteroatoms. The van der Waals surface area contributed by atoms with E-state index in [9.17, 15) is 0 Å². The molecule has 2 unspecified atom stereocenters. The Balaban J connectivity index is 1.91. The monoisotopic (exact) mass is 394 g/mol. The zero-order valence-corrected chi connectivity index (χ0v) is 14.0. The van der Waals surface area contributed by atoms with Crippen molar-refractivity contribution in [1.82, 2.24) is 0 Å². The van der Waals surface area contributed by atoms with Crippen LogP contribution in [0.4, 0.5) is 0 Å². The Hall–Kier alpha value is -1.00. The molecule has 0 N–H and O–H groups in total. The third kappa shape index (κ3) is 1.67. The zero-order chi connectivity index (χ0) is 13.9. The maximum Gasteiger partial charge on any atom is 0.145 e. The molecule has 0 aliphatic carbocycles. The molecule has 4 rings (SSSR count). The third-order valence-corrected chi connectivity index (χ3v) is 5.20. The fourth-order valence-electron chi connectivity index (χ4n) is 3.16. The number of fused-ring (bicyclic) bond motifs is 5. The van der Waals surface area contributed by atoms with E-state index in [2.05, 4.69) is 50.9 Å². The van der Waals surface area contributed by atoms with Crippen molar-refractivity contribution < 1.29 is 9.47 Å². The predicted molar refractivity (Wildman–Crippen MR) is 84.5 cm³/mol. The lowest BCUT2D eigenvalue weighted by atomic mass is 9.79. The summed E-state index contributed by atoms with van der Waals surface area (Å²) in [5, 5.41) is 0. The summed E-state index contributed by atoms with van der Waals surface area (Å²) in [6, 6.07) is 12.3. The van der Waals surface area contributed by atoms with Gasteiger partial charge in [-0.1, -0.05) is 31.9 Å². The first kappa shape index (κ1) is 12.7. The maximum absolute atomic E-state index is 6.31. The van der Waals surface area contributed by atoms with E-state index in [4.69, 9.17) is 9.47 Å². The number of benzene rings is 2. The summed E-state index contributed by atoms with van der Waals surface area (Å²) in [6.07, 6.45) is 0. The lowest BCUT2D eigenvalue weighted by Crippen LogP contribution is -2.38. The van der Waals surface area contributed by atoms with Crippen LogP contribution in [0.5, 0.6) is 11.5 Å². The molecule has 2 nitrogen and oxygen atoms in total. The molecule has 0 aromatic heterocycles. The SMILES string of the molecule is CC12Oc3ccc(Br)cc3C1COc1ccc(Br)cc12. The van der Waals surface area contributed by atoms with Crippen LogP contribution in [0.2, 0.25) is 0 Å². The van der Waals surface area contributed by atoms with E-state index in [0.29, 0.717) is 6.61 Å². The van der Waals surface area contributed by atoms with Crippen molar-refractivity contribution in [2.24, 2.45) is 0 Å². The Morgan fingerprint density at radius 3 is 2.55 bits per heavy atom. The van der Waals surface area contributed by atoms with Crippen molar-refractivity contribution >= 4 is 31.9 Å². The number of rotatable bonds is 0. The summed E-state index contributed by atoms with van der Waals surface area (Å²) in [7, 11) is 0. The molecule has 102 valence electrons. The van der Waals surface area contributed by atoms with Gasteiger partial charge in [0, 0.05) is 20.1 Å². The van der Waals surface area contributed by atoms with Crippen molar-refractivity contribution in [3.05, 3.63) is 56.5 Å². The van der Waals surface area contributed by atoms with Crippen molar-refractivity contribution in [2.75, 3.05) is 6.61 Å². The van der Waals surface area contributed by atoms with E-state index in [0.717, 1.165) is 26.0 Å². The first-order valence-electron chi connectivity index (χ1n) is 6.49. The molecule has 2 aromatic carbocycles. The Kier molecular flexibility index (Phi) is 2.70. The second-order valence-electron chi connectivity index (χ2n) is 5.40. The molecule has 0 fully saturated rings. The van der Waals surface area contributed by atoms with Crippen LogP contribution >= 0.6 is 31.9 Å². The molecular weight excluding hydrogens is 384 g/mol. The van der Waals surface area contributed by atoms with E-state index in [1.54, 1.807) is 0 Å². The standard InChI is InChI=1S/C16H12Br2O2/c1-16-12-7-10(18)3-5-15(12)19-8-13(16)11-6-9(17)2-4-14(11)20-16/h2-7,13H,8H2,1H3. The first-order chi connectivity index (χ1) is 9.58. The van der Waals surface area contributed by atoms with Crippen LogP contribution in [0.25, 0.3) is 0 Å². The average molecular weight is 396 g/mol. The lowest BCUT2D eigenvalue weighted by molar-refractivity contribution is 0.0434. The van der Waals surface area contributed by atoms with Gasteiger partial charge in [0.15, 0.2) is 0 Å². The van der Waals surface area contributed by atoms with Gasteiger partial charge in [0.1, 0.15) is 17.1 Å². The highest BCUT2D eigenvalue weighted by Gasteiger charge is 2.50. The van der Waals surface area contributed by atoms with E-state index < -0.39 is 0 Å². The zero-order valence-electron chi connectivity index (χ0n) is 10.8. The minimum Gasteiger partial charge on any atom is -0.492 e. The maximum atomic E-state index is 6.31. The summed E-state index contributed by atoms with van der Waals surface area (Å²) < 4.78 is 14.4. The van der Waals surface area contributed by atoms with Gasteiger partial charge in [0.05, 0.1) is 12.5 Å². The van der Waals surface area contributed by atoms with Gasteiger partial charge in [-0.25, -0.2) is 0 Å². The topological polar surface area (TPSA) is 18.5 Å². The molecule has 20 heavy (non-hydrogen) atoms. The van der Waals surface area contributed by atoms with Crippen molar-refractivity contribution in [3.8, 4) is 11.5 Å². The number of hydrogen-bond donors (Lipinski definition) is 0. The van der Waals surface area contributed by atoms with E-state index in [1.807, 2.05) is 24.3 Å². The molecule has 0 saturated heterocycles. The lowest BCUT2D eigenvalue weighted by Gasteiger charge is -2.37. The molecule has 0 radical (unpaired) electrons. The Morgan fingerprint density at radius 1 is 1.05 bits per heavy atom. The highest BCUT2D eigenvalue weighted by Crippen LogP contribution is 2.55. The number of ether oxygens (including phenoxy) is 2. The van der Waals surface area contributed by atoms with Gasteiger partial charge >= 0.3 is 0 Å². The molecular formula is C16H12Br2O2. The summed E-state index contributed by atoms with van der Waals surface area (Å²) in [5.74, 6) is 2.09. The average Bonchev–Trinajstić information content (AvgIpc) is 2.71. The van der Waals surface area contributed by atoms with Crippen LogP contribution in [0.1, 0.15) is 24.0 Å². The van der Waals surface area contributed by atoms with E-state index in [1.165, 1.54) is 5.56 Å². The first-order valence-corrected chi connectivity index (χ1v) is 8.08. The Labute approximate surface area is 134 Å². The van der Waals surface area contributed by atoms with Crippen LogP contribution in [0.3, 0.4) is 0 Å². The Morgan fingerprint density at radius 2 is 1.75 bits per heavy atom. The fraction of sp³-hybridized carbons (Fsp3) is 0.250. The molecule has 0 bridgehead atoms. The van der Waals surface area contributed by atoms with Crippen molar-refractivity contribution in [3.63, 3.8) is 0 Å². The van der Waals surface area contributed by atoms with Crippen LogP contribution in [0, 0.1) is 0 Å². The van der Waals surface area contributed by atoms with Crippen LogP contribution in [0.15, 0.2) is 45.3 Å². The molecule has 2 aliphatic rings. The number of hydrogen-bond acceptors (Lipinski definition) is 2. The highest BCUT2D eigenvalue weighted by molar-refractivity contribution is 9.10. The van der Waals surface area contributed by atoms with Gasteiger partial charge in [-0.3, -0.25) is 0 Å². The van der Waals surface area contributed by atoms with Crippen LogP contribution in [-0.2, 0) is 5.60 Å². The second kappa shape index (κ2) is 4.25. The normalized spacial score (nSPS) is 26.1. The molecule has 0 amide bonds. The number of halogens is 2. The van der Waals surface area contributed by atoms with Gasteiger partial charge in [0.2, 0.25) is 0 Å². The van der Waals surface area contributed by atoms with Gasteiger partial charge < -0.3 is 9.47 Å². The molecule has 2 atom stereocenters. The summed E-state index contributed by atoms with van der Waals surface area (Å²) >= 11 is 7.08. The van der Waals surface area contributed by atoms with Gasteiger partial charge in [0.25, 0.3) is 0 Å². The van der Waals surface area contributed by atoms with Gasteiger partial charge in [-0.05, 0) is 43.3 Å². The van der Waals surface area contributed by atoms with Crippen LogP contribution in [-0.4, -0.2) is 6.61 Å². The largest absolute Gasteiger partial charge is 0.492 e. The molecule has 2 heterocycles. The highest BCUT2D eigenvalue weighted by atomic mass is 79.9. The minimum atomic E-state index is -0.361. The second-order valence-corrected chi connectivity index (χ2v) is 7.23. The van der Waals surface area contributed by atoms with Crippen molar-refractivity contribution in [2.45, 2.75) is 18.4 Å². The Bertz CT molecular complexity index is 714. The summed E-state index contributed by atoms with van der Waals surface area (Å²) in [4.78, 5) is 0. The van der Waals surface area contributed by atoms with Gasteiger partial charge in [-0.15, -0.1) is 0 Å². The third-order valence-electron chi connectivity index (χ3n) is 4.22. The smallest absolute Gasteiger partial charge is 0.145 e. The quantitative estimate of drug-likeness (QED) is 0.625. The van der Waals surface area contributed by atoms with E-state index in [-0.39, 0.29) is 11.5 Å². The summed E-state index contributed by atoms with van der Waals surface area (Å²) in [6.45, 7) is 2.80. The van der Waals surface area contributed by atoms with E-state index >= 15 is 0 Å². The molecule has 0 spiro atoms.